The minimum atomic E-state index is -5.00. The lowest BCUT2D eigenvalue weighted by Crippen LogP contribution is -2.52. The Labute approximate surface area is 157 Å². The van der Waals surface area contributed by atoms with Gasteiger partial charge in [-0.05, 0) is 43.3 Å². The lowest BCUT2D eigenvalue weighted by Gasteiger charge is -2.14. The van der Waals surface area contributed by atoms with E-state index in [2.05, 4.69) is 4.99 Å². The third-order valence-corrected chi connectivity index (χ3v) is 4.54. The van der Waals surface area contributed by atoms with E-state index >= 15 is 0 Å². The molecule has 7 nitrogen and oxygen atoms in total. The predicted molar refractivity (Wildman–Crippen MR) is 92.7 cm³/mol. The molecule has 0 radical (unpaired) electrons. The lowest BCUT2D eigenvalue weighted by atomic mass is 10.2. The van der Waals surface area contributed by atoms with Gasteiger partial charge in [-0.1, -0.05) is 17.7 Å². The van der Waals surface area contributed by atoms with Crippen LogP contribution in [-0.4, -0.2) is 26.5 Å². The summed E-state index contributed by atoms with van der Waals surface area (Å²) >= 11 is 0. The van der Waals surface area contributed by atoms with Crippen LogP contribution in [0.15, 0.2) is 58.4 Å². The van der Waals surface area contributed by atoms with Gasteiger partial charge in [0.15, 0.2) is 0 Å². The van der Waals surface area contributed by atoms with Crippen molar-refractivity contribution in [2.45, 2.75) is 18.0 Å². The normalized spacial score (nSPS) is 12.4. The molecule has 150 valence electrons. The Balaban J connectivity index is 2.09. The highest BCUT2D eigenvalue weighted by atomic mass is 32.2. The number of sulfonamides is 1. The van der Waals surface area contributed by atoms with Crippen molar-refractivity contribution in [3.8, 4) is 0 Å². The van der Waals surface area contributed by atoms with Crippen LogP contribution in [0, 0.1) is 12.7 Å². The molecule has 0 saturated carbocycles. The second-order valence-electron chi connectivity index (χ2n) is 5.43. The highest BCUT2D eigenvalue weighted by molar-refractivity contribution is 7.90. The third kappa shape index (κ3) is 5.94. The minimum absolute atomic E-state index is 0.240. The summed E-state index contributed by atoms with van der Waals surface area (Å²) < 4.78 is 77.5. The van der Waals surface area contributed by atoms with Crippen LogP contribution in [0.25, 0.3) is 0 Å². The van der Waals surface area contributed by atoms with Gasteiger partial charge >= 0.3 is 12.2 Å². The number of amides is 2. The van der Waals surface area contributed by atoms with Crippen LogP contribution in [0.4, 0.5) is 28.0 Å². The number of aryl methyl sites for hydroxylation is 1. The quantitative estimate of drug-likeness (QED) is 0.309. The SMILES string of the molecule is Cc1ccc(S(=O)(=O)NC(=O)NNC(=Nc2ccc(F)cc2)C(F)(F)F)cc1. The number of aliphatic imine (C=N–C) groups is 1. The van der Waals surface area contributed by atoms with Crippen molar-refractivity contribution >= 4 is 27.6 Å². The first kappa shape index (κ1) is 21.2. The molecule has 12 heteroatoms. The number of hydrogen-bond acceptors (Lipinski definition) is 4. The molecular weight excluding hydrogens is 404 g/mol. The zero-order valence-corrected chi connectivity index (χ0v) is 15.0. The van der Waals surface area contributed by atoms with Crippen molar-refractivity contribution in [3.05, 3.63) is 59.9 Å². The largest absolute Gasteiger partial charge is 0.450 e. The molecule has 0 saturated heterocycles. The highest BCUT2D eigenvalue weighted by Crippen LogP contribution is 2.20. The fraction of sp³-hybridized carbons (Fsp3) is 0.125. The Morgan fingerprint density at radius 3 is 2.07 bits per heavy atom. The van der Waals surface area contributed by atoms with Gasteiger partial charge in [0.2, 0.25) is 5.84 Å². The van der Waals surface area contributed by atoms with Gasteiger partial charge in [-0.3, -0.25) is 5.43 Å². The minimum Gasteiger partial charge on any atom is -0.276 e. The molecule has 2 aromatic rings. The van der Waals surface area contributed by atoms with Crippen molar-refractivity contribution in [3.63, 3.8) is 0 Å². The second-order valence-corrected chi connectivity index (χ2v) is 7.11. The third-order valence-electron chi connectivity index (χ3n) is 3.19. The summed E-state index contributed by atoms with van der Waals surface area (Å²) in [5.74, 6) is -2.30. The maximum Gasteiger partial charge on any atom is 0.450 e. The van der Waals surface area contributed by atoms with E-state index in [9.17, 15) is 30.8 Å². The van der Waals surface area contributed by atoms with Crippen molar-refractivity contribution in [1.82, 2.24) is 15.6 Å². The molecule has 2 amide bonds. The monoisotopic (exact) mass is 418 g/mol. The molecule has 2 rings (SSSR count). The number of nitrogens with one attached hydrogen (secondary N) is 3. The molecule has 0 unspecified atom stereocenters. The zero-order valence-electron chi connectivity index (χ0n) is 14.2. The summed E-state index contributed by atoms with van der Waals surface area (Å²) in [7, 11) is -4.29. The number of urea groups is 1. The topological polar surface area (TPSA) is 99.7 Å². The van der Waals surface area contributed by atoms with Crippen molar-refractivity contribution in [2.24, 2.45) is 4.99 Å². The van der Waals surface area contributed by atoms with Gasteiger partial charge in [-0.15, -0.1) is 0 Å². The summed E-state index contributed by atoms with van der Waals surface area (Å²) in [4.78, 5) is 14.7. The number of hydrazine groups is 1. The lowest BCUT2D eigenvalue weighted by molar-refractivity contribution is -0.0621. The maximum atomic E-state index is 13.0. The molecule has 0 aromatic heterocycles. The van der Waals surface area contributed by atoms with E-state index in [4.69, 9.17) is 0 Å². The molecular formula is C16H14F4N4O3S. The first-order chi connectivity index (χ1) is 13.0. The van der Waals surface area contributed by atoms with Gasteiger partial charge in [0, 0.05) is 0 Å². The van der Waals surface area contributed by atoms with Gasteiger partial charge in [-0.2, -0.15) is 13.2 Å². The Bertz CT molecular complexity index is 972. The number of nitrogens with zero attached hydrogens (tertiary/aromatic N) is 1. The molecule has 0 heterocycles. The molecule has 0 fully saturated rings. The summed E-state index contributed by atoms with van der Waals surface area (Å²) in [6, 6.07) is 7.77. The van der Waals surface area contributed by atoms with Crippen molar-refractivity contribution < 1.29 is 30.8 Å². The predicted octanol–water partition coefficient (Wildman–Crippen LogP) is 2.92. The van der Waals surface area contributed by atoms with Crippen LogP contribution in [0.3, 0.4) is 0 Å². The fourth-order valence-corrected chi connectivity index (χ4v) is 2.75. The molecule has 0 aliphatic heterocycles. The average molecular weight is 418 g/mol. The molecule has 28 heavy (non-hydrogen) atoms. The number of alkyl halides is 3. The van der Waals surface area contributed by atoms with Crippen molar-refractivity contribution in [1.29, 1.82) is 0 Å². The van der Waals surface area contributed by atoms with Crippen LogP contribution in [0.1, 0.15) is 5.56 Å². The number of carbonyl (C=O) groups is 1. The number of carbonyl (C=O) groups excluding carboxylic acids is 1. The number of halogens is 4. The Hall–Kier alpha value is -3.15. The molecule has 3 N–H and O–H groups in total. The molecule has 2 aromatic carbocycles. The first-order valence-electron chi connectivity index (χ1n) is 7.54. The van der Waals surface area contributed by atoms with Gasteiger partial charge in [-0.25, -0.2) is 32.7 Å². The van der Waals surface area contributed by atoms with E-state index in [1.807, 2.05) is 0 Å². The van der Waals surface area contributed by atoms with Crippen LogP contribution in [0.2, 0.25) is 0 Å². The van der Waals surface area contributed by atoms with Gasteiger partial charge in [0.05, 0.1) is 10.6 Å². The van der Waals surface area contributed by atoms with Crippen LogP contribution in [-0.2, 0) is 10.0 Å². The molecule has 0 spiro atoms. The van der Waals surface area contributed by atoms with Gasteiger partial charge in [0.25, 0.3) is 10.0 Å². The fourth-order valence-electron chi connectivity index (χ4n) is 1.85. The molecule has 0 aliphatic rings. The van der Waals surface area contributed by atoms with E-state index in [0.29, 0.717) is 0 Å². The summed E-state index contributed by atoms with van der Waals surface area (Å²) in [6.45, 7) is 1.72. The van der Waals surface area contributed by atoms with E-state index in [0.717, 1.165) is 29.8 Å². The van der Waals surface area contributed by atoms with Crippen LogP contribution >= 0.6 is 0 Å². The van der Waals surface area contributed by atoms with E-state index < -0.39 is 33.9 Å². The molecule has 0 atom stereocenters. The van der Waals surface area contributed by atoms with Crippen molar-refractivity contribution in [2.75, 3.05) is 0 Å². The van der Waals surface area contributed by atoms with Crippen LogP contribution in [0.5, 0.6) is 0 Å². The van der Waals surface area contributed by atoms with Gasteiger partial charge in [0.1, 0.15) is 5.82 Å². The Kier molecular flexibility index (Phi) is 6.23. The Morgan fingerprint density at radius 2 is 1.54 bits per heavy atom. The number of rotatable bonds is 3. The summed E-state index contributed by atoms with van der Waals surface area (Å²) in [5.41, 5.74) is 3.60. The number of amidine groups is 1. The van der Waals surface area contributed by atoms with E-state index in [-0.39, 0.29) is 10.6 Å². The summed E-state index contributed by atoms with van der Waals surface area (Å²) in [6.07, 6.45) is -5.00. The number of hydrogen-bond donors (Lipinski definition) is 3. The van der Waals surface area contributed by atoms with Gasteiger partial charge < -0.3 is 0 Å². The average Bonchev–Trinajstić information content (AvgIpc) is 2.59. The Morgan fingerprint density at radius 1 is 0.964 bits per heavy atom. The standard InChI is InChI=1S/C16H14F4N4O3S/c1-10-2-8-13(9-3-10)28(26,27)24-15(25)23-22-14(16(18,19)20)21-12-6-4-11(17)5-7-12/h2-9H,1H3,(H,21,22)(H2,23,24,25). The number of benzene rings is 2. The summed E-state index contributed by atoms with van der Waals surface area (Å²) in [5, 5.41) is 0. The molecule has 0 aliphatic carbocycles. The maximum absolute atomic E-state index is 13.0. The highest BCUT2D eigenvalue weighted by Gasteiger charge is 2.36. The first-order valence-corrected chi connectivity index (χ1v) is 9.02. The smallest absolute Gasteiger partial charge is 0.276 e. The van der Waals surface area contributed by atoms with E-state index in [1.165, 1.54) is 29.7 Å². The molecule has 0 bridgehead atoms. The zero-order chi connectivity index (χ0) is 20.9. The van der Waals surface area contributed by atoms with E-state index in [1.54, 1.807) is 17.1 Å². The second kappa shape index (κ2) is 8.25. The van der Waals surface area contributed by atoms with Crippen LogP contribution < -0.4 is 15.6 Å².